The zero-order valence-corrected chi connectivity index (χ0v) is 19.5. The SMILES string of the molecule is CN(Cc1cnn(-c2ccccc2)c1)CN1C(=O)N[C@](Cc2ccccc2)(c2ccccc2)C1=O. The van der Waals surface area contributed by atoms with Crippen molar-refractivity contribution in [1.82, 2.24) is 24.9 Å². The number of nitrogens with one attached hydrogen (secondary N) is 1. The molecule has 7 nitrogen and oxygen atoms in total. The van der Waals surface area contributed by atoms with E-state index in [9.17, 15) is 9.59 Å². The van der Waals surface area contributed by atoms with Crippen LogP contribution in [0.2, 0.25) is 0 Å². The molecule has 1 aliphatic rings. The molecule has 1 N–H and O–H groups in total. The van der Waals surface area contributed by atoms with Gasteiger partial charge in [-0.2, -0.15) is 5.10 Å². The second-order valence-electron chi connectivity index (χ2n) is 8.88. The second-order valence-corrected chi connectivity index (χ2v) is 8.88. The predicted octanol–water partition coefficient (Wildman–Crippen LogP) is 3.95. The first-order valence-electron chi connectivity index (χ1n) is 11.6. The van der Waals surface area contributed by atoms with Crippen LogP contribution in [0.4, 0.5) is 4.79 Å². The van der Waals surface area contributed by atoms with Crippen molar-refractivity contribution in [3.63, 3.8) is 0 Å². The molecule has 35 heavy (non-hydrogen) atoms. The molecule has 0 unspecified atom stereocenters. The summed E-state index contributed by atoms with van der Waals surface area (Å²) in [7, 11) is 1.89. The average molecular weight is 466 g/mol. The summed E-state index contributed by atoms with van der Waals surface area (Å²) >= 11 is 0. The second kappa shape index (κ2) is 9.56. The maximum absolute atomic E-state index is 13.8. The van der Waals surface area contributed by atoms with Crippen LogP contribution < -0.4 is 5.32 Å². The van der Waals surface area contributed by atoms with Crippen molar-refractivity contribution >= 4 is 11.9 Å². The van der Waals surface area contributed by atoms with E-state index >= 15 is 0 Å². The summed E-state index contributed by atoms with van der Waals surface area (Å²) in [6.45, 7) is 0.714. The van der Waals surface area contributed by atoms with E-state index < -0.39 is 5.54 Å². The first-order valence-corrected chi connectivity index (χ1v) is 11.6. The molecule has 3 aromatic carbocycles. The van der Waals surface area contributed by atoms with E-state index in [1.54, 1.807) is 6.20 Å². The molecule has 1 saturated heterocycles. The topological polar surface area (TPSA) is 70.5 Å². The molecule has 0 spiro atoms. The Morgan fingerprint density at radius 3 is 2.17 bits per heavy atom. The normalized spacial score (nSPS) is 17.7. The molecule has 1 atom stereocenters. The van der Waals surface area contributed by atoms with Crippen LogP contribution in [0.15, 0.2) is 103 Å². The summed E-state index contributed by atoms with van der Waals surface area (Å²) in [6.07, 6.45) is 4.15. The third kappa shape index (κ3) is 4.58. The number of hydrogen-bond acceptors (Lipinski definition) is 4. The molecule has 1 fully saturated rings. The van der Waals surface area contributed by atoms with Crippen LogP contribution in [-0.4, -0.2) is 45.2 Å². The highest BCUT2D eigenvalue weighted by atomic mass is 16.2. The van der Waals surface area contributed by atoms with Crippen molar-refractivity contribution in [2.24, 2.45) is 0 Å². The highest BCUT2D eigenvalue weighted by Crippen LogP contribution is 2.33. The predicted molar refractivity (Wildman–Crippen MR) is 134 cm³/mol. The van der Waals surface area contributed by atoms with Gasteiger partial charge in [0.2, 0.25) is 0 Å². The van der Waals surface area contributed by atoms with E-state index in [1.807, 2.05) is 114 Å². The number of aromatic nitrogens is 2. The maximum Gasteiger partial charge on any atom is 0.326 e. The molecule has 7 heteroatoms. The van der Waals surface area contributed by atoms with Gasteiger partial charge in [-0.25, -0.2) is 14.4 Å². The molecule has 2 heterocycles. The lowest BCUT2D eigenvalue weighted by Gasteiger charge is -2.28. The van der Waals surface area contributed by atoms with Crippen LogP contribution >= 0.6 is 0 Å². The van der Waals surface area contributed by atoms with Crippen LogP contribution in [0.3, 0.4) is 0 Å². The first-order chi connectivity index (χ1) is 17.0. The summed E-state index contributed by atoms with van der Waals surface area (Å²) in [5, 5.41) is 7.46. The highest BCUT2D eigenvalue weighted by molar-refractivity contribution is 6.07. The van der Waals surface area contributed by atoms with Gasteiger partial charge in [0.05, 0.1) is 18.6 Å². The van der Waals surface area contributed by atoms with Crippen molar-refractivity contribution in [2.45, 2.75) is 18.5 Å². The Morgan fingerprint density at radius 1 is 0.857 bits per heavy atom. The number of para-hydroxylation sites is 1. The van der Waals surface area contributed by atoms with Crippen LogP contribution in [0.5, 0.6) is 0 Å². The van der Waals surface area contributed by atoms with Gasteiger partial charge in [0.25, 0.3) is 5.91 Å². The van der Waals surface area contributed by atoms with Gasteiger partial charge in [-0.1, -0.05) is 78.9 Å². The number of benzene rings is 3. The summed E-state index contributed by atoms with van der Waals surface area (Å²) in [6, 6.07) is 28.7. The quantitative estimate of drug-likeness (QED) is 0.400. The standard InChI is InChI=1S/C28H27N5O2/c1-31(19-23-18-29-33(20-23)25-15-9-4-10-16-25)21-32-26(34)28(30-27(32)35,24-13-7-3-8-14-24)17-22-11-5-2-6-12-22/h2-16,18,20H,17,19,21H2,1H3,(H,30,35)/t28-/m1/s1. The molecule has 5 rings (SSSR count). The Hall–Kier alpha value is -4.23. The zero-order chi connectivity index (χ0) is 24.3. The molecule has 4 aromatic rings. The monoisotopic (exact) mass is 465 g/mol. The molecule has 0 saturated carbocycles. The van der Waals surface area contributed by atoms with E-state index in [2.05, 4.69) is 10.4 Å². The Bertz CT molecular complexity index is 1310. The van der Waals surface area contributed by atoms with Crippen molar-refractivity contribution in [3.05, 3.63) is 120 Å². The molecule has 176 valence electrons. The maximum atomic E-state index is 13.8. The van der Waals surface area contributed by atoms with Crippen molar-refractivity contribution in [3.8, 4) is 5.69 Å². The van der Waals surface area contributed by atoms with Gasteiger partial charge in [0.15, 0.2) is 5.54 Å². The summed E-state index contributed by atoms with van der Waals surface area (Å²) < 4.78 is 1.82. The fraction of sp³-hybridized carbons (Fsp3) is 0.179. The molecular weight excluding hydrogens is 438 g/mol. The Labute approximate surface area is 204 Å². The third-order valence-corrected chi connectivity index (χ3v) is 6.25. The van der Waals surface area contributed by atoms with E-state index in [-0.39, 0.29) is 18.6 Å². The van der Waals surface area contributed by atoms with Gasteiger partial charge in [-0.15, -0.1) is 0 Å². The minimum atomic E-state index is -1.14. The number of hydrogen-bond donors (Lipinski definition) is 1. The number of carbonyl (C=O) groups is 2. The Balaban J connectivity index is 1.34. The lowest BCUT2D eigenvalue weighted by Crippen LogP contribution is -2.46. The smallest absolute Gasteiger partial charge is 0.319 e. The molecule has 0 aliphatic carbocycles. The molecule has 3 amide bonds. The number of amides is 3. The van der Waals surface area contributed by atoms with Crippen LogP contribution in [0, 0.1) is 0 Å². The van der Waals surface area contributed by atoms with Gasteiger partial charge >= 0.3 is 6.03 Å². The number of carbonyl (C=O) groups excluding carboxylic acids is 2. The van der Waals surface area contributed by atoms with Gasteiger partial charge in [0, 0.05) is 24.7 Å². The summed E-state index contributed by atoms with van der Waals surface area (Å²) in [5.74, 6) is -0.246. The Morgan fingerprint density at radius 2 is 1.49 bits per heavy atom. The van der Waals surface area contributed by atoms with Gasteiger partial charge in [0.1, 0.15) is 0 Å². The van der Waals surface area contributed by atoms with E-state index in [0.717, 1.165) is 22.4 Å². The lowest BCUT2D eigenvalue weighted by molar-refractivity contribution is -0.133. The van der Waals surface area contributed by atoms with Gasteiger partial charge in [-0.3, -0.25) is 9.69 Å². The minimum absolute atomic E-state index is 0.171. The highest BCUT2D eigenvalue weighted by Gasteiger charge is 2.52. The van der Waals surface area contributed by atoms with Gasteiger partial charge in [-0.05, 0) is 30.3 Å². The number of imide groups is 1. The molecular formula is C28H27N5O2. The fourth-order valence-electron chi connectivity index (χ4n) is 4.56. The minimum Gasteiger partial charge on any atom is -0.319 e. The van der Waals surface area contributed by atoms with Gasteiger partial charge < -0.3 is 5.32 Å². The fourth-order valence-corrected chi connectivity index (χ4v) is 4.56. The third-order valence-electron chi connectivity index (χ3n) is 6.25. The van der Waals surface area contributed by atoms with Crippen molar-refractivity contribution in [2.75, 3.05) is 13.7 Å². The summed E-state index contributed by atoms with van der Waals surface area (Å²) in [5.41, 5.74) is 2.58. The zero-order valence-electron chi connectivity index (χ0n) is 19.5. The lowest BCUT2D eigenvalue weighted by atomic mass is 9.83. The van der Waals surface area contributed by atoms with E-state index in [0.29, 0.717) is 13.0 Å². The molecule has 1 aromatic heterocycles. The average Bonchev–Trinajstić information content (AvgIpc) is 3.44. The summed E-state index contributed by atoms with van der Waals surface area (Å²) in [4.78, 5) is 30.2. The molecule has 0 radical (unpaired) electrons. The van der Waals surface area contributed by atoms with E-state index in [4.69, 9.17) is 0 Å². The number of rotatable bonds is 8. The number of nitrogens with zero attached hydrogens (tertiary/aromatic N) is 4. The van der Waals surface area contributed by atoms with Crippen molar-refractivity contribution in [1.29, 1.82) is 0 Å². The van der Waals surface area contributed by atoms with E-state index in [1.165, 1.54) is 4.90 Å². The van der Waals surface area contributed by atoms with Crippen molar-refractivity contribution < 1.29 is 9.59 Å². The van der Waals surface area contributed by atoms with Crippen LogP contribution in [0.1, 0.15) is 16.7 Å². The largest absolute Gasteiger partial charge is 0.326 e. The molecule has 0 bridgehead atoms. The van der Waals surface area contributed by atoms with Crippen LogP contribution in [-0.2, 0) is 23.3 Å². The van der Waals surface area contributed by atoms with Crippen LogP contribution in [0.25, 0.3) is 5.69 Å². The number of urea groups is 1. The first kappa shape index (κ1) is 22.6. The molecule has 1 aliphatic heterocycles. The Kier molecular flexibility index (Phi) is 6.16.